The second kappa shape index (κ2) is 6.50. The van der Waals surface area contributed by atoms with E-state index in [9.17, 15) is 13.2 Å². The van der Waals surface area contributed by atoms with Gasteiger partial charge in [0, 0.05) is 19.2 Å². The largest absolute Gasteiger partial charge is 0.496 e. The van der Waals surface area contributed by atoms with Crippen LogP contribution in [0, 0.1) is 0 Å². The van der Waals surface area contributed by atoms with Gasteiger partial charge in [0.15, 0.2) is 0 Å². The Hall–Kier alpha value is -1.86. The fourth-order valence-electron chi connectivity index (χ4n) is 2.30. The standard InChI is InChI=1S/C15H19NO5S/c1-11-6-8-16(9-7-11)22(18,19)12-4-5-13(15(17)21-3)14(10-12)20-2/h4-5,10H,1,6-9H2,2-3H3. The van der Waals surface area contributed by atoms with E-state index in [1.807, 2.05) is 0 Å². The Morgan fingerprint density at radius 1 is 1.23 bits per heavy atom. The number of methoxy groups -OCH3 is 2. The van der Waals surface area contributed by atoms with Crippen molar-refractivity contribution < 1.29 is 22.7 Å². The minimum absolute atomic E-state index is 0.101. The molecule has 0 saturated carbocycles. The summed E-state index contributed by atoms with van der Waals surface area (Å²) in [7, 11) is -0.972. The normalized spacial score (nSPS) is 16.4. The van der Waals surface area contributed by atoms with Crippen molar-refractivity contribution in [2.24, 2.45) is 0 Å². The number of hydrogen-bond acceptors (Lipinski definition) is 5. The highest BCUT2D eigenvalue weighted by Gasteiger charge is 2.28. The fourth-order valence-corrected chi connectivity index (χ4v) is 3.76. The summed E-state index contributed by atoms with van der Waals surface area (Å²) in [4.78, 5) is 11.7. The molecule has 1 heterocycles. The maximum absolute atomic E-state index is 12.6. The van der Waals surface area contributed by atoms with Crippen molar-refractivity contribution in [2.45, 2.75) is 17.7 Å². The lowest BCUT2D eigenvalue weighted by atomic mass is 10.1. The molecule has 6 nitrogen and oxygen atoms in total. The number of sulfonamides is 1. The Labute approximate surface area is 130 Å². The van der Waals surface area contributed by atoms with Crippen LogP contribution in [0.15, 0.2) is 35.2 Å². The van der Waals surface area contributed by atoms with Gasteiger partial charge in [-0.25, -0.2) is 13.2 Å². The first kappa shape index (κ1) is 16.5. The summed E-state index contributed by atoms with van der Waals surface area (Å²) >= 11 is 0. The molecule has 0 atom stereocenters. The molecule has 1 saturated heterocycles. The van der Waals surface area contributed by atoms with Crippen molar-refractivity contribution in [1.82, 2.24) is 4.31 Å². The molecule has 1 aliphatic heterocycles. The van der Waals surface area contributed by atoms with Gasteiger partial charge in [-0.3, -0.25) is 0 Å². The maximum atomic E-state index is 12.6. The van der Waals surface area contributed by atoms with Crippen molar-refractivity contribution in [3.8, 4) is 5.75 Å². The highest BCUT2D eigenvalue weighted by atomic mass is 32.2. The zero-order valence-corrected chi connectivity index (χ0v) is 13.5. The summed E-state index contributed by atoms with van der Waals surface area (Å²) in [5.74, 6) is -0.399. The molecule has 0 bridgehead atoms. The van der Waals surface area contributed by atoms with Gasteiger partial charge in [0.05, 0.1) is 19.1 Å². The summed E-state index contributed by atoms with van der Waals surface area (Å²) in [6.07, 6.45) is 1.33. The number of esters is 1. The van der Waals surface area contributed by atoms with E-state index in [0.29, 0.717) is 25.9 Å². The molecule has 22 heavy (non-hydrogen) atoms. The van der Waals surface area contributed by atoms with Gasteiger partial charge in [0.1, 0.15) is 11.3 Å². The molecule has 1 fully saturated rings. The molecule has 0 aromatic heterocycles. The summed E-state index contributed by atoms with van der Waals surface area (Å²) in [6, 6.07) is 4.15. The molecule has 2 rings (SSSR count). The minimum Gasteiger partial charge on any atom is -0.496 e. The van der Waals surface area contributed by atoms with E-state index in [1.165, 1.54) is 36.7 Å². The average molecular weight is 325 g/mol. The van der Waals surface area contributed by atoms with Gasteiger partial charge in [0.2, 0.25) is 10.0 Å². The Balaban J connectivity index is 2.35. The molecule has 0 spiro atoms. The molecule has 7 heteroatoms. The third kappa shape index (κ3) is 3.15. The second-order valence-electron chi connectivity index (χ2n) is 5.01. The summed E-state index contributed by atoms with van der Waals surface area (Å²) in [6.45, 7) is 4.72. The van der Waals surface area contributed by atoms with Gasteiger partial charge in [-0.15, -0.1) is 0 Å². The fraction of sp³-hybridized carbons (Fsp3) is 0.400. The van der Waals surface area contributed by atoms with Crippen LogP contribution in [0.1, 0.15) is 23.2 Å². The first-order valence-electron chi connectivity index (χ1n) is 6.83. The molecule has 0 radical (unpaired) electrons. The number of ether oxygens (including phenoxy) is 2. The molecule has 0 amide bonds. The van der Waals surface area contributed by atoms with E-state index in [1.54, 1.807) is 0 Å². The van der Waals surface area contributed by atoms with E-state index < -0.39 is 16.0 Å². The van der Waals surface area contributed by atoms with Crippen LogP contribution >= 0.6 is 0 Å². The third-order valence-corrected chi connectivity index (χ3v) is 5.54. The number of rotatable bonds is 4. The van der Waals surface area contributed by atoms with Crippen LogP contribution in [0.25, 0.3) is 0 Å². The minimum atomic E-state index is -3.61. The third-order valence-electron chi connectivity index (χ3n) is 3.65. The molecular weight excluding hydrogens is 306 g/mol. The molecule has 0 aliphatic carbocycles. The van der Waals surface area contributed by atoms with Crippen LogP contribution in [0.2, 0.25) is 0 Å². The zero-order chi connectivity index (χ0) is 16.3. The predicted octanol–water partition coefficient (Wildman–Crippen LogP) is 1.82. The first-order valence-corrected chi connectivity index (χ1v) is 8.27. The van der Waals surface area contributed by atoms with Crippen LogP contribution in [-0.2, 0) is 14.8 Å². The number of benzene rings is 1. The van der Waals surface area contributed by atoms with Crippen molar-refractivity contribution in [3.05, 3.63) is 35.9 Å². The Kier molecular flexibility index (Phi) is 4.87. The van der Waals surface area contributed by atoms with E-state index in [4.69, 9.17) is 4.74 Å². The number of nitrogens with zero attached hydrogens (tertiary/aromatic N) is 1. The molecular formula is C15H19NO5S. The van der Waals surface area contributed by atoms with Gasteiger partial charge in [-0.1, -0.05) is 12.2 Å². The lowest BCUT2D eigenvalue weighted by Gasteiger charge is -2.27. The van der Waals surface area contributed by atoms with Crippen LogP contribution in [0.3, 0.4) is 0 Å². The molecule has 0 unspecified atom stereocenters. The van der Waals surface area contributed by atoms with E-state index in [0.717, 1.165) is 5.57 Å². The van der Waals surface area contributed by atoms with Gasteiger partial charge in [-0.2, -0.15) is 4.31 Å². The molecule has 120 valence electrons. The van der Waals surface area contributed by atoms with Crippen LogP contribution < -0.4 is 4.74 Å². The second-order valence-corrected chi connectivity index (χ2v) is 6.95. The van der Waals surface area contributed by atoms with Gasteiger partial charge < -0.3 is 9.47 Å². The summed E-state index contributed by atoms with van der Waals surface area (Å²) in [5, 5.41) is 0. The SMILES string of the molecule is C=C1CCN(S(=O)(=O)c2ccc(C(=O)OC)c(OC)c2)CC1. The van der Waals surface area contributed by atoms with Gasteiger partial charge in [0.25, 0.3) is 0 Å². The van der Waals surface area contributed by atoms with Crippen LogP contribution in [-0.4, -0.2) is 46.0 Å². The molecule has 0 N–H and O–H groups in total. The Morgan fingerprint density at radius 2 is 1.86 bits per heavy atom. The zero-order valence-electron chi connectivity index (χ0n) is 12.7. The topological polar surface area (TPSA) is 72.9 Å². The quantitative estimate of drug-likeness (QED) is 0.624. The highest BCUT2D eigenvalue weighted by Crippen LogP contribution is 2.27. The van der Waals surface area contributed by atoms with Crippen LogP contribution in [0.5, 0.6) is 5.75 Å². The average Bonchev–Trinajstić information content (AvgIpc) is 2.53. The Morgan fingerprint density at radius 3 is 2.41 bits per heavy atom. The lowest BCUT2D eigenvalue weighted by Crippen LogP contribution is -2.36. The number of piperidine rings is 1. The van der Waals surface area contributed by atoms with E-state index in [-0.39, 0.29) is 16.2 Å². The smallest absolute Gasteiger partial charge is 0.341 e. The van der Waals surface area contributed by atoms with Crippen molar-refractivity contribution in [1.29, 1.82) is 0 Å². The lowest BCUT2D eigenvalue weighted by molar-refractivity contribution is 0.0597. The highest BCUT2D eigenvalue weighted by molar-refractivity contribution is 7.89. The van der Waals surface area contributed by atoms with Crippen LogP contribution in [0.4, 0.5) is 0 Å². The Bertz CT molecular complexity index is 686. The van der Waals surface area contributed by atoms with Gasteiger partial charge >= 0.3 is 5.97 Å². The first-order chi connectivity index (χ1) is 10.4. The molecule has 1 aromatic carbocycles. The predicted molar refractivity (Wildman–Crippen MR) is 81.5 cm³/mol. The van der Waals surface area contributed by atoms with Gasteiger partial charge in [-0.05, 0) is 25.0 Å². The monoisotopic (exact) mass is 325 g/mol. The van der Waals surface area contributed by atoms with Crippen molar-refractivity contribution >= 4 is 16.0 Å². The van der Waals surface area contributed by atoms with E-state index >= 15 is 0 Å². The van der Waals surface area contributed by atoms with Crippen molar-refractivity contribution in [2.75, 3.05) is 27.3 Å². The van der Waals surface area contributed by atoms with Crippen molar-refractivity contribution in [3.63, 3.8) is 0 Å². The number of hydrogen-bond donors (Lipinski definition) is 0. The molecule has 1 aliphatic rings. The van der Waals surface area contributed by atoms with E-state index in [2.05, 4.69) is 11.3 Å². The molecule has 1 aromatic rings. The maximum Gasteiger partial charge on any atom is 0.341 e. The summed E-state index contributed by atoms with van der Waals surface area (Å²) in [5.41, 5.74) is 1.25. The number of carbonyl (C=O) groups excluding carboxylic acids is 1. The number of carbonyl (C=O) groups is 1. The summed E-state index contributed by atoms with van der Waals surface area (Å²) < 4.78 is 36.5.